The smallest absolute Gasteiger partial charge is 0.120 e. The Labute approximate surface area is 148 Å². The lowest BCUT2D eigenvalue weighted by Gasteiger charge is -2.27. The third-order valence-corrected chi connectivity index (χ3v) is 4.65. The summed E-state index contributed by atoms with van der Waals surface area (Å²) in [5.74, 6) is 0.931. The highest BCUT2D eigenvalue weighted by Gasteiger charge is 2.22. The minimum Gasteiger partial charge on any atom is -0.489 e. The van der Waals surface area contributed by atoms with Gasteiger partial charge in [0.15, 0.2) is 0 Å². The van der Waals surface area contributed by atoms with E-state index in [4.69, 9.17) is 4.74 Å². The topological polar surface area (TPSA) is 34.1 Å². The van der Waals surface area contributed by atoms with Crippen molar-refractivity contribution in [3.05, 3.63) is 94.8 Å². The summed E-state index contributed by atoms with van der Waals surface area (Å²) in [5, 5.41) is 3.59. The molecule has 3 aromatic rings. The minimum absolute atomic E-state index is 0.160. The van der Waals surface area contributed by atoms with Crippen LogP contribution in [0.25, 0.3) is 0 Å². The number of hydrogen-bond acceptors (Lipinski definition) is 3. The number of fused-ring (bicyclic) bond motifs is 1. The Morgan fingerprint density at radius 1 is 1.08 bits per heavy atom. The van der Waals surface area contributed by atoms with Crippen molar-refractivity contribution in [1.82, 2.24) is 10.3 Å². The highest BCUT2D eigenvalue weighted by atomic mass is 16.5. The molecule has 1 unspecified atom stereocenters. The maximum Gasteiger partial charge on any atom is 0.120 e. The SMILES string of the molecule is Cc1ccc(C2NCCc3cc(OCc4ccccc4)ccc32)nc1. The molecule has 1 aliphatic heterocycles. The Bertz CT molecular complexity index is 844. The number of pyridine rings is 1. The van der Waals surface area contributed by atoms with Crippen LogP contribution in [0.4, 0.5) is 0 Å². The molecule has 4 rings (SSSR count). The summed E-state index contributed by atoms with van der Waals surface area (Å²) < 4.78 is 5.98. The van der Waals surface area contributed by atoms with Gasteiger partial charge in [-0.15, -0.1) is 0 Å². The first-order valence-electron chi connectivity index (χ1n) is 8.75. The first kappa shape index (κ1) is 15.9. The molecule has 2 heterocycles. The monoisotopic (exact) mass is 330 g/mol. The lowest BCUT2D eigenvalue weighted by Crippen LogP contribution is -2.31. The van der Waals surface area contributed by atoms with E-state index in [1.54, 1.807) is 0 Å². The Hall–Kier alpha value is -2.65. The zero-order chi connectivity index (χ0) is 17.1. The van der Waals surface area contributed by atoms with E-state index in [0.717, 1.165) is 24.4 Å². The Kier molecular flexibility index (Phi) is 4.49. The van der Waals surface area contributed by atoms with E-state index in [2.05, 4.69) is 59.7 Å². The molecule has 0 saturated carbocycles. The molecule has 25 heavy (non-hydrogen) atoms. The number of nitrogens with one attached hydrogen (secondary N) is 1. The quantitative estimate of drug-likeness (QED) is 0.778. The molecule has 0 amide bonds. The Morgan fingerprint density at radius 2 is 1.96 bits per heavy atom. The maximum atomic E-state index is 5.98. The molecule has 1 aliphatic rings. The van der Waals surface area contributed by atoms with Gasteiger partial charge in [0.05, 0.1) is 11.7 Å². The summed E-state index contributed by atoms with van der Waals surface area (Å²) in [5.41, 5.74) is 6.09. The number of nitrogens with zero attached hydrogens (tertiary/aromatic N) is 1. The van der Waals surface area contributed by atoms with Crippen molar-refractivity contribution in [2.45, 2.75) is 26.0 Å². The summed E-state index contributed by atoms with van der Waals surface area (Å²) in [6.07, 6.45) is 2.95. The van der Waals surface area contributed by atoms with Crippen LogP contribution >= 0.6 is 0 Å². The molecule has 0 radical (unpaired) electrons. The van der Waals surface area contributed by atoms with Crippen LogP contribution < -0.4 is 10.1 Å². The summed E-state index contributed by atoms with van der Waals surface area (Å²) in [4.78, 5) is 4.61. The van der Waals surface area contributed by atoms with Crippen molar-refractivity contribution >= 4 is 0 Å². The largest absolute Gasteiger partial charge is 0.489 e. The zero-order valence-corrected chi connectivity index (χ0v) is 14.4. The van der Waals surface area contributed by atoms with Gasteiger partial charge >= 0.3 is 0 Å². The molecule has 0 aliphatic carbocycles. The minimum atomic E-state index is 0.160. The van der Waals surface area contributed by atoms with Crippen LogP contribution in [0.2, 0.25) is 0 Å². The van der Waals surface area contributed by atoms with Gasteiger partial charge in [-0.2, -0.15) is 0 Å². The van der Waals surface area contributed by atoms with E-state index >= 15 is 0 Å². The van der Waals surface area contributed by atoms with Gasteiger partial charge in [0.1, 0.15) is 12.4 Å². The molecule has 126 valence electrons. The normalized spacial score (nSPS) is 16.3. The maximum absolute atomic E-state index is 5.98. The van der Waals surface area contributed by atoms with E-state index in [0.29, 0.717) is 6.61 Å². The molecule has 0 saturated heterocycles. The molecule has 2 aromatic carbocycles. The van der Waals surface area contributed by atoms with E-state index in [1.807, 2.05) is 24.4 Å². The summed E-state index contributed by atoms with van der Waals surface area (Å²) in [7, 11) is 0. The average molecular weight is 330 g/mol. The van der Waals surface area contributed by atoms with Gasteiger partial charge in [-0.3, -0.25) is 4.98 Å². The molecule has 0 bridgehead atoms. The predicted molar refractivity (Wildman–Crippen MR) is 99.7 cm³/mol. The first-order chi connectivity index (χ1) is 12.3. The fraction of sp³-hybridized carbons (Fsp3) is 0.227. The van der Waals surface area contributed by atoms with Gasteiger partial charge in [-0.1, -0.05) is 42.5 Å². The van der Waals surface area contributed by atoms with Crippen molar-refractivity contribution in [2.24, 2.45) is 0 Å². The van der Waals surface area contributed by atoms with Crippen molar-refractivity contribution in [3.63, 3.8) is 0 Å². The van der Waals surface area contributed by atoms with Crippen LogP contribution in [-0.2, 0) is 13.0 Å². The van der Waals surface area contributed by atoms with Crippen molar-refractivity contribution in [1.29, 1.82) is 0 Å². The van der Waals surface area contributed by atoms with Crippen molar-refractivity contribution in [2.75, 3.05) is 6.54 Å². The molecule has 3 heteroatoms. The highest BCUT2D eigenvalue weighted by molar-refractivity contribution is 5.42. The molecule has 0 spiro atoms. The third kappa shape index (κ3) is 3.57. The van der Waals surface area contributed by atoms with E-state index in [1.165, 1.54) is 22.3 Å². The number of benzene rings is 2. The molecule has 1 aromatic heterocycles. The molecule has 3 nitrogen and oxygen atoms in total. The van der Waals surface area contributed by atoms with E-state index in [-0.39, 0.29) is 6.04 Å². The van der Waals surface area contributed by atoms with Gasteiger partial charge in [0, 0.05) is 12.7 Å². The number of hydrogen-bond donors (Lipinski definition) is 1. The number of rotatable bonds is 4. The second kappa shape index (κ2) is 7.08. The predicted octanol–water partition coefficient (Wildman–Crippen LogP) is 4.20. The fourth-order valence-electron chi connectivity index (χ4n) is 3.29. The fourth-order valence-corrected chi connectivity index (χ4v) is 3.29. The Morgan fingerprint density at radius 3 is 2.76 bits per heavy atom. The molecular formula is C22H22N2O. The summed E-state index contributed by atoms with van der Waals surface area (Å²) in [6, 6.07) is 21.1. The molecule has 1 atom stereocenters. The van der Waals surface area contributed by atoms with Gasteiger partial charge in [0.2, 0.25) is 0 Å². The van der Waals surface area contributed by atoms with Crippen molar-refractivity contribution in [3.8, 4) is 5.75 Å². The van der Waals surface area contributed by atoms with Crippen LogP contribution in [0.1, 0.15) is 34.0 Å². The standard InChI is InChI=1S/C22H22N2O/c1-16-7-10-21(24-14-16)22-20-9-8-19(13-18(20)11-12-23-22)25-15-17-5-3-2-4-6-17/h2-10,13-14,22-23H,11-12,15H2,1H3. The Balaban J connectivity index is 1.54. The highest BCUT2D eigenvalue weighted by Crippen LogP contribution is 2.30. The number of aryl methyl sites for hydroxylation is 1. The van der Waals surface area contributed by atoms with Gasteiger partial charge in [-0.05, 0) is 53.8 Å². The molecule has 1 N–H and O–H groups in total. The van der Waals surface area contributed by atoms with Gasteiger partial charge < -0.3 is 10.1 Å². The molecular weight excluding hydrogens is 308 g/mol. The van der Waals surface area contributed by atoms with Crippen LogP contribution in [0.3, 0.4) is 0 Å². The zero-order valence-electron chi connectivity index (χ0n) is 14.4. The van der Waals surface area contributed by atoms with Crippen LogP contribution in [0.15, 0.2) is 66.9 Å². The third-order valence-electron chi connectivity index (χ3n) is 4.65. The van der Waals surface area contributed by atoms with Crippen molar-refractivity contribution < 1.29 is 4.74 Å². The lowest BCUT2D eigenvalue weighted by atomic mass is 9.92. The van der Waals surface area contributed by atoms with Crippen LogP contribution in [-0.4, -0.2) is 11.5 Å². The van der Waals surface area contributed by atoms with Crippen LogP contribution in [0, 0.1) is 6.92 Å². The van der Waals surface area contributed by atoms with E-state index in [9.17, 15) is 0 Å². The lowest BCUT2D eigenvalue weighted by molar-refractivity contribution is 0.305. The van der Waals surface area contributed by atoms with Crippen LogP contribution in [0.5, 0.6) is 5.75 Å². The second-order valence-electron chi connectivity index (χ2n) is 6.53. The van der Waals surface area contributed by atoms with Gasteiger partial charge in [-0.25, -0.2) is 0 Å². The van der Waals surface area contributed by atoms with Gasteiger partial charge in [0.25, 0.3) is 0 Å². The summed E-state index contributed by atoms with van der Waals surface area (Å²) >= 11 is 0. The molecule has 0 fully saturated rings. The van der Waals surface area contributed by atoms with E-state index < -0.39 is 0 Å². The number of ether oxygens (including phenoxy) is 1. The average Bonchev–Trinajstić information content (AvgIpc) is 2.67. The summed E-state index contributed by atoms with van der Waals surface area (Å²) in [6.45, 7) is 3.62. The first-order valence-corrected chi connectivity index (χ1v) is 8.75. The second-order valence-corrected chi connectivity index (χ2v) is 6.53. The number of aromatic nitrogens is 1.